The second-order valence-electron chi connectivity index (χ2n) is 2.53. The van der Waals surface area contributed by atoms with Crippen molar-refractivity contribution in [1.29, 1.82) is 0 Å². The van der Waals surface area contributed by atoms with Gasteiger partial charge in [0.1, 0.15) is 0 Å². The standard InChI is InChI=1S/C6H8N2O4S/c7-13(11,12)4-3-8-5(9)1-2-6(8)10/h1-2H,3-4H2,(H2,7,11,12). The topological polar surface area (TPSA) is 97.5 Å². The molecule has 72 valence electrons. The SMILES string of the molecule is NS(=O)(=O)CCN1C(=O)C=CC1=O. The van der Waals surface area contributed by atoms with Crippen molar-refractivity contribution in [1.82, 2.24) is 4.90 Å². The van der Waals surface area contributed by atoms with Crippen molar-refractivity contribution >= 4 is 21.8 Å². The lowest BCUT2D eigenvalue weighted by Gasteiger charge is -2.11. The first kappa shape index (κ1) is 9.87. The number of rotatable bonds is 3. The summed E-state index contributed by atoms with van der Waals surface area (Å²) in [6, 6.07) is 0. The summed E-state index contributed by atoms with van der Waals surface area (Å²) in [7, 11) is -3.63. The number of carbonyl (C=O) groups excluding carboxylic acids is 2. The van der Waals surface area contributed by atoms with E-state index in [9.17, 15) is 18.0 Å². The van der Waals surface area contributed by atoms with Gasteiger partial charge in [0.15, 0.2) is 0 Å². The molecule has 1 aliphatic heterocycles. The molecule has 0 unspecified atom stereocenters. The molecule has 0 spiro atoms. The maximum atomic E-state index is 10.9. The Morgan fingerprint density at radius 3 is 2.08 bits per heavy atom. The van der Waals surface area contributed by atoms with Gasteiger partial charge < -0.3 is 0 Å². The molecule has 0 aliphatic carbocycles. The minimum absolute atomic E-state index is 0.191. The van der Waals surface area contributed by atoms with Crippen LogP contribution in [0.2, 0.25) is 0 Å². The van der Waals surface area contributed by atoms with E-state index in [4.69, 9.17) is 5.14 Å². The van der Waals surface area contributed by atoms with Gasteiger partial charge in [-0.05, 0) is 0 Å². The largest absolute Gasteiger partial charge is 0.274 e. The Hall–Kier alpha value is -1.21. The summed E-state index contributed by atoms with van der Waals surface area (Å²) in [5.74, 6) is -1.42. The van der Waals surface area contributed by atoms with E-state index >= 15 is 0 Å². The summed E-state index contributed by atoms with van der Waals surface area (Å²) < 4.78 is 21.0. The molecule has 0 radical (unpaired) electrons. The zero-order valence-corrected chi connectivity index (χ0v) is 7.45. The number of imide groups is 1. The van der Waals surface area contributed by atoms with Gasteiger partial charge in [-0.15, -0.1) is 0 Å². The smallest absolute Gasteiger partial charge is 0.253 e. The summed E-state index contributed by atoms with van der Waals surface area (Å²) >= 11 is 0. The van der Waals surface area contributed by atoms with E-state index in [1.807, 2.05) is 0 Å². The summed E-state index contributed by atoms with van der Waals surface area (Å²) in [5.41, 5.74) is 0. The second kappa shape index (κ2) is 3.27. The molecular formula is C6H8N2O4S. The zero-order chi connectivity index (χ0) is 10.1. The average Bonchev–Trinajstić information content (AvgIpc) is 2.27. The van der Waals surface area contributed by atoms with Crippen LogP contribution in [0.4, 0.5) is 0 Å². The minimum atomic E-state index is -3.63. The molecule has 6 nitrogen and oxygen atoms in total. The molecule has 2 N–H and O–H groups in total. The highest BCUT2D eigenvalue weighted by atomic mass is 32.2. The Kier molecular flexibility index (Phi) is 2.48. The number of hydrogen-bond acceptors (Lipinski definition) is 4. The number of nitrogens with two attached hydrogens (primary N) is 1. The van der Waals surface area contributed by atoms with Gasteiger partial charge >= 0.3 is 0 Å². The molecule has 7 heteroatoms. The Balaban J connectivity index is 2.57. The van der Waals surface area contributed by atoms with Gasteiger partial charge in [-0.3, -0.25) is 14.5 Å². The van der Waals surface area contributed by atoms with Crippen LogP contribution in [0.5, 0.6) is 0 Å². The predicted octanol–water partition coefficient (Wildman–Crippen LogP) is -1.80. The monoisotopic (exact) mass is 204 g/mol. The molecule has 1 rings (SSSR count). The third-order valence-corrected chi connectivity index (χ3v) is 2.25. The first-order valence-electron chi connectivity index (χ1n) is 3.44. The number of amides is 2. The normalized spacial score (nSPS) is 17.2. The summed E-state index contributed by atoms with van der Waals surface area (Å²) in [6.45, 7) is -0.191. The van der Waals surface area contributed by atoms with E-state index in [0.717, 1.165) is 17.1 Å². The van der Waals surface area contributed by atoms with Crippen LogP contribution in [0.25, 0.3) is 0 Å². The highest BCUT2D eigenvalue weighted by molar-refractivity contribution is 7.89. The number of nitrogens with zero attached hydrogens (tertiary/aromatic N) is 1. The molecule has 0 bridgehead atoms. The van der Waals surface area contributed by atoms with Gasteiger partial charge in [0.25, 0.3) is 11.8 Å². The van der Waals surface area contributed by atoms with Crippen molar-refractivity contribution < 1.29 is 18.0 Å². The molecule has 1 aliphatic rings. The van der Waals surface area contributed by atoms with Crippen LogP contribution in [0.3, 0.4) is 0 Å². The van der Waals surface area contributed by atoms with Gasteiger partial charge in [0.2, 0.25) is 10.0 Å². The molecule has 0 saturated heterocycles. The van der Waals surface area contributed by atoms with E-state index in [1.165, 1.54) is 0 Å². The molecule has 0 aromatic heterocycles. The van der Waals surface area contributed by atoms with Crippen LogP contribution in [0.15, 0.2) is 12.2 Å². The fourth-order valence-corrected chi connectivity index (χ4v) is 1.31. The second-order valence-corrected chi connectivity index (χ2v) is 4.26. The van der Waals surface area contributed by atoms with Gasteiger partial charge in [0, 0.05) is 18.7 Å². The van der Waals surface area contributed by atoms with Crippen molar-refractivity contribution in [3.05, 3.63) is 12.2 Å². The Morgan fingerprint density at radius 2 is 1.69 bits per heavy atom. The predicted molar refractivity (Wildman–Crippen MR) is 43.8 cm³/mol. The lowest BCUT2D eigenvalue weighted by atomic mass is 10.5. The van der Waals surface area contributed by atoms with E-state index < -0.39 is 27.6 Å². The maximum absolute atomic E-state index is 10.9. The number of primary sulfonamides is 1. The van der Waals surface area contributed by atoms with Crippen LogP contribution < -0.4 is 5.14 Å². The van der Waals surface area contributed by atoms with Gasteiger partial charge in [0.05, 0.1) is 5.75 Å². The third kappa shape index (κ3) is 2.63. The van der Waals surface area contributed by atoms with Crippen molar-refractivity contribution in [2.75, 3.05) is 12.3 Å². The van der Waals surface area contributed by atoms with Crippen LogP contribution in [0, 0.1) is 0 Å². The summed E-state index contributed by atoms with van der Waals surface area (Å²) in [6.07, 6.45) is 2.18. The lowest BCUT2D eigenvalue weighted by Crippen LogP contribution is -2.35. The van der Waals surface area contributed by atoms with Crippen LogP contribution in [-0.4, -0.2) is 37.4 Å². The highest BCUT2D eigenvalue weighted by Gasteiger charge is 2.23. The van der Waals surface area contributed by atoms with Crippen molar-refractivity contribution in [2.45, 2.75) is 0 Å². The van der Waals surface area contributed by atoms with E-state index in [2.05, 4.69) is 0 Å². The fraction of sp³-hybridized carbons (Fsp3) is 0.333. The molecule has 0 aromatic carbocycles. The maximum Gasteiger partial charge on any atom is 0.253 e. The number of carbonyl (C=O) groups is 2. The Morgan fingerprint density at radius 1 is 1.23 bits per heavy atom. The molecule has 2 amide bonds. The Labute approximate surface area is 75.1 Å². The number of sulfonamides is 1. The minimum Gasteiger partial charge on any atom is -0.274 e. The van der Waals surface area contributed by atoms with Gasteiger partial charge in [-0.1, -0.05) is 0 Å². The molecular weight excluding hydrogens is 196 g/mol. The van der Waals surface area contributed by atoms with Crippen molar-refractivity contribution in [2.24, 2.45) is 5.14 Å². The van der Waals surface area contributed by atoms with E-state index in [0.29, 0.717) is 0 Å². The Bertz CT molecular complexity index is 352. The molecule has 0 aromatic rings. The number of hydrogen-bond donors (Lipinski definition) is 1. The van der Waals surface area contributed by atoms with Gasteiger partial charge in [-0.2, -0.15) is 0 Å². The first-order chi connectivity index (χ1) is 5.90. The highest BCUT2D eigenvalue weighted by Crippen LogP contribution is 2.02. The molecule has 13 heavy (non-hydrogen) atoms. The summed E-state index contributed by atoms with van der Waals surface area (Å²) in [5, 5.41) is 4.71. The van der Waals surface area contributed by atoms with Gasteiger partial charge in [-0.25, -0.2) is 13.6 Å². The van der Waals surface area contributed by atoms with Crippen LogP contribution in [0.1, 0.15) is 0 Å². The van der Waals surface area contributed by atoms with E-state index in [1.54, 1.807) is 0 Å². The summed E-state index contributed by atoms with van der Waals surface area (Å²) in [4.78, 5) is 22.6. The van der Waals surface area contributed by atoms with Crippen molar-refractivity contribution in [3.8, 4) is 0 Å². The lowest BCUT2D eigenvalue weighted by molar-refractivity contribution is -0.136. The molecule has 0 fully saturated rings. The first-order valence-corrected chi connectivity index (χ1v) is 5.16. The fourth-order valence-electron chi connectivity index (χ4n) is 0.870. The van der Waals surface area contributed by atoms with Crippen LogP contribution >= 0.6 is 0 Å². The third-order valence-electron chi connectivity index (χ3n) is 1.50. The van der Waals surface area contributed by atoms with E-state index in [-0.39, 0.29) is 6.54 Å². The van der Waals surface area contributed by atoms with Crippen molar-refractivity contribution in [3.63, 3.8) is 0 Å². The zero-order valence-electron chi connectivity index (χ0n) is 6.63. The van der Waals surface area contributed by atoms with Crippen LogP contribution in [-0.2, 0) is 19.6 Å². The quantitative estimate of drug-likeness (QED) is 0.548. The molecule has 0 saturated carbocycles. The molecule has 0 atom stereocenters. The molecule has 1 heterocycles. The average molecular weight is 204 g/mol.